The standard InChI is InChI=1S/C25H29N9O/c1-24-8-3-9-25(2,32-24)12-18(11-24)34(16-4-5-16)23-27-14-20(29-30-23)19-7-6-17(10-21(19)35)33-15-28-22(13-26)31-33/h6-7,10,14-16,18,32,35H,3-5,8-9,11-12H2,1-2H3/t18?,24-,25+. The number of hydrogen-bond acceptors (Lipinski definition) is 9. The van der Waals surface area contributed by atoms with Crippen molar-refractivity contribution in [2.24, 2.45) is 0 Å². The highest BCUT2D eigenvalue weighted by atomic mass is 16.3. The number of nitriles is 1. The van der Waals surface area contributed by atoms with Gasteiger partial charge in [-0.2, -0.15) is 5.26 Å². The predicted molar refractivity (Wildman–Crippen MR) is 129 cm³/mol. The van der Waals surface area contributed by atoms with Gasteiger partial charge in [0, 0.05) is 34.8 Å². The summed E-state index contributed by atoms with van der Waals surface area (Å²) in [6, 6.07) is 7.86. The van der Waals surface area contributed by atoms with E-state index >= 15 is 0 Å². The Kier molecular flexibility index (Phi) is 5.00. The van der Waals surface area contributed by atoms with Crippen LogP contribution in [0.25, 0.3) is 16.9 Å². The van der Waals surface area contributed by atoms with E-state index in [9.17, 15) is 5.11 Å². The van der Waals surface area contributed by atoms with Gasteiger partial charge in [-0.05, 0) is 70.9 Å². The zero-order valence-corrected chi connectivity index (χ0v) is 20.0. The van der Waals surface area contributed by atoms with Gasteiger partial charge in [0.1, 0.15) is 23.8 Å². The van der Waals surface area contributed by atoms with Crippen molar-refractivity contribution in [3.8, 4) is 28.8 Å². The van der Waals surface area contributed by atoms with E-state index in [1.807, 2.05) is 6.07 Å². The van der Waals surface area contributed by atoms with Gasteiger partial charge in [0.15, 0.2) is 0 Å². The van der Waals surface area contributed by atoms with Crippen molar-refractivity contribution in [3.05, 3.63) is 36.5 Å². The van der Waals surface area contributed by atoms with E-state index in [4.69, 9.17) is 10.2 Å². The molecule has 1 aliphatic carbocycles. The summed E-state index contributed by atoms with van der Waals surface area (Å²) in [6.07, 6.45) is 11.3. The van der Waals surface area contributed by atoms with Crippen molar-refractivity contribution in [1.29, 1.82) is 5.26 Å². The van der Waals surface area contributed by atoms with Crippen molar-refractivity contribution < 1.29 is 5.11 Å². The molecule has 1 unspecified atom stereocenters. The Balaban J connectivity index is 1.26. The second-order valence-electron chi connectivity index (χ2n) is 10.8. The Hall–Kier alpha value is -3.58. The van der Waals surface area contributed by atoms with Crippen LogP contribution >= 0.6 is 0 Å². The lowest BCUT2D eigenvalue weighted by Gasteiger charge is -2.55. The van der Waals surface area contributed by atoms with Gasteiger partial charge in [-0.15, -0.1) is 15.3 Å². The third-order valence-electron chi connectivity index (χ3n) is 7.66. The molecule has 3 fully saturated rings. The maximum Gasteiger partial charge on any atom is 0.252 e. The van der Waals surface area contributed by atoms with Gasteiger partial charge in [0.25, 0.3) is 5.82 Å². The largest absolute Gasteiger partial charge is 0.507 e. The van der Waals surface area contributed by atoms with E-state index < -0.39 is 0 Å². The first kappa shape index (κ1) is 21.9. The summed E-state index contributed by atoms with van der Waals surface area (Å²) in [5.74, 6) is 0.780. The first-order valence-electron chi connectivity index (χ1n) is 12.3. The Morgan fingerprint density at radius 2 is 1.89 bits per heavy atom. The van der Waals surface area contributed by atoms with E-state index in [0.29, 0.717) is 35.0 Å². The van der Waals surface area contributed by atoms with Crippen molar-refractivity contribution in [2.45, 2.75) is 82.0 Å². The Labute approximate surface area is 204 Å². The Bertz CT molecular complexity index is 1280. The number of nitrogens with zero attached hydrogens (tertiary/aromatic N) is 8. The van der Waals surface area contributed by atoms with Gasteiger partial charge in [-0.1, -0.05) is 0 Å². The number of fused-ring (bicyclic) bond motifs is 2. The molecule has 0 amide bonds. The van der Waals surface area contributed by atoms with Gasteiger partial charge in [0.05, 0.1) is 11.9 Å². The lowest BCUT2D eigenvalue weighted by atomic mass is 9.69. The van der Waals surface area contributed by atoms with Crippen LogP contribution in [0.1, 0.15) is 64.6 Å². The molecule has 0 spiro atoms. The smallest absolute Gasteiger partial charge is 0.252 e. The molecular weight excluding hydrogens is 442 g/mol. The predicted octanol–water partition coefficient (Wildman–Crippen LogP) is 3.12. The SMILES string of the molecule is C[C@]12CCC[C@](C)(CC(N(c3ncc(-c4ccc(-n5cnc(C#N)n5)cc4O)nn3)C3CC3)C1)N2. The van der Waals surface area contributed by atoms with E-state index in [-0.39, 0.29) is 22.7 Å². The van der Waals surface area contributed by atoms with Crippen molar-refractivity contribution in [2.75, 3.05) is 4.90 Å². The molecule has 2 N–H and O–H groups in total. The summed E-state index contributed by atoms with van der Waals surface area (Å²) in [6.45, 7) is 4.72. The molecule has 35 heavy (non-hydrogen) atoms. The summed E-state index contributed by atoms with van der Waals surface area (Å²) in [7, 11) is 0. The fourth-order valence-electron chi connectivity index (χ4n) is 6.14. The van der Waals surface area contributed by atoms with Crippen molar-refractivity contribution >= 4 is 5.95 Å². The number of aromatic hydroxyl groups is 1. The lowest BCUT2D eigenvalue weighted by Crippen LogP contribution is -2.67. The molecule has 3 aliphatic rings. The van der Waals surface area contributed by atoms with Gasteiger partial charge in [-0.25, -0.2) is 14.6 Å². The van der Waals surface area contributed by atoms with Crippen molar-refractivity contribution in [3.63, 3.8) is 0 Å². The summed E-state index contributed by atoms with van der Waals surface area (Å²) < 4.78 is 1.44. The number of rotatable bonds is 5. The quantitative estimate of drug-likeness (QED) is 0.576. The van der Waals surface area contributed by atoms with E-state index in [1.54, 1.807) is 24.4 Å². The normalized spacial score (nSPS) is 27.9. The first-order chi connectivity index (χ1) is 16.8. The van der Waals surface area contributed by atoms with Crippen LogP contribution in [0.2, 0.25) is 0 Å². The van der Waals surface area contributed by atoms with Crippen LogP contribution < -0.4 is 10.2 Å². The van der Waals surface area contributed by atoms with Gasteiger partial charge in [0.2, 0.25) is 5.95 Å². The third-order valence-corrected chi connectivity index (χ3v) is 7.66. The van der Waals surface area contributed by atoms with Crippen LogP contribution in [0, 0.1) is 11.3 Å². The molecule has 1 saturated carbocycles. The number of aromatic nitrogens is 6. The minimum atomic E-state index is 0.0337. The van der Waals surface area contributed by atoms with E-state index in [0.717, 1.165) is 12.8 Å². The molecule has 2 aliphatic heterocycles. The Morgan fingerprint density at radius 1 is 1.11 bits per heavy atom. The van der Waals surface area contributed by atoms with Gasteiger partial charge in [-0.3, -0.25) is 0 Å². The zero-order chi connectivity index (χ0) is 24.2. The summed E-state index contributed by atoms with van der Waals surface area (Å²) in [5, 5.41) is 36.6. The molecule has 2 saturated heterocycles. The highest BCUT2D eigenvalue weighted by molar-refractivity contribution is 5.68. The number of piperidine rings is 2. The number of nitrogens with one attached hydrogen (secondary N) is 1. The number of anilines is 1. The van der Waals surface area contributed by atoms with Crippen LogP contribution in [-0.2, 0) is 0 Å². The summed E-state index contributed by atoms with van der Waals surface area (Å²) in [5.41, 5.74) is 1.95. The number of phenols is 1. The first-order valence-corrected chi connectivity index (χ1v) is 12.3. The van der Waals surface area contributed by atoms with Crippen LogP contribution in [0.3, 0.4) is 0 Å². The second kappa shape index (κ2) is 7.99. The molecule has 0 radical (unpaired) electrons. The zero-order valence-electron chi connectivity index (χ0n) is 20.0. The average molecular weight is 472 g/mol. The topological polar surface area (TPSA) is 129 Å². The Morgan fingerprint density at radius 3 is 2.49 bits per heavy atom. The number of benzene rings is 1. The molecule has 10 nitrogen and oxygen atoms in total. The molecule has 3 aromatic rings. The highest BCUT2D eigenvalue weighted by Crippen LogP contribution is 2.44. The highest BCUT2D eigenvalue weighted by Gasteiger charge is 2.49. The van der Waals surface area contributed by atoms with E-state index in [2.05, 4.69) is 44.3 Å². The monoisotopic (exact) mass is 471 g/mol. The molecule has 6 rings (SSSR count). The maximum absolute atomic E-state index is 10.7. The maximum atomic E-state index is 10.7. The van der Waals surface area contributed by atoms with Gasteiger partial charge < -0.3 is 15.3 Å². The molecule has 10 heteroatoms. The van der Waals surface area contributed by atoms with Crippen molar-refractivity contribution in [1.82, 2.24) is 35.3 Å². The van der Waals surface area contributed by atoms with Crippen LogP contribution in [-0.4, -0.2) is 58.2 Å². The van der Waals surface area contributed by atoms with Crippen LogP contribution in [0.5, 0.6) is 5.75 Å². The molecule has 4 heterocycles. The fraction of sp³-hybridized carbons (Fsp3) is 0.520. The molecule has 3 atom stereocenters. The minimum Gasteiger partial charge on any atom is -0.507 e. The van der Waals surface area contributed by atoms with Crippen LogP contribution in [0.4, 0.5) is 5.95 Å². The summed E-state index contributed by atoms with van der Waals surface area (Å²) >= 11 is 0. The lowest BCUT2D eigenvalue weighted by molar-refractivity contribution is 0.0764. The second-order valence-corrected chi connectivity index (χ2v) is 10.8. The van der Waals surface area contributed by atoms with Gasteiger partial charge >= 0.3 is 0 Å². The molecule has 180 valence electrons. The third kappa shape index (κ3) is 4.10. The minimum absolute atomic E-state index is 0.0337. The molecule has 2 bridgehead atoms. The van der Waals surface area contributed by atoms with Crippen LogP contribution in [0.15, 0.2) is 30.7 Å². The molecular formula is C25H29N9O. The number of phenolic OH excluding ortho intramolecular Hbond substituents is 1. The summed E-state index contributed by atoms with van der Waals surface area (Å²) in [4.78, 5) is 11.0. The molecule has 2 aromatic heterocycles. The fourth-order valence-corrected chi connectivity index (χ4v) is 6.14. The van der Waals surface area contributed by atoms with E-state index in [1.165, 1.54) is 43.1 Å². The number of hydrogen-bond donors (Lipinski definition) is 2. The molecule has 1 aromatic carbocycles. The average Bonchev–Trinajstić information content (AvgIpc) is 3.53.